The van der Waals surface area contributed by atoms with E-state index in [1.54, 1.807) is 11.3 Å². The molecule has 1 aromatic heterocycles. The van der Waals surface area contributed by atoms with Gasteiger partial charge in [-0.1, -0.05) is 31.2 Å². The fraction of sp³-hybridized carbons (Fsp3) is 0.357. The molecule has 2 nitrogen and oxygen atoms in total. The summed E-state index contributed by atoms with van der Waals surface area (Å²) in [6.45, 7) is 2.20. The van der Waals surface area contributed by atoms with Gasteiger partial charge in [0.05, 0.1) is 5.01 Å². The Morgan fingerprint density at radius 3 is 2.94 bits per heavy atom. The second-order valence-electron chi connectivity index (χ2n) is 4.10. The first kappa shape index (κ1) is 12.3. The van der Waals surface area contributed by atoms with E-state index in [2.05, 4.69) is 41.5 Å². The van der Waals surface area contributed by atoms with Gasteiger partial charge in [-0.15, -0.1) is 11.3 Å². The van der Waals surface area contributed by atoms with Crippen molar-refractivity contribution in [2.45, 2.75) is 25.8 Å². The second-order valence-corrected chi connectivity index (χ2v) is 5.08. The van der Waals surface area contributed by atoms with E-state index in [0.29, 0.717) is 6.04 Å². The summed E-state index contributed by atoms with van der Waals surface area (Å²) < 4.78 is 0. The molecule has 2 rings (SSSR count). The molecule has 1 atom stereocenters. The summed E-state index contributed by atoms with van der Waals surface area (Å²) in [7, 11) is 2.02. The van der Waals surface area contributed by atoms with Gasteiger partial charge in [0.1, 0.15) is 0 Å². The van der Waals surface area contributed by atoms with E-state index in [4.69, 9.17) is 0 Å². The molecule has 0 fully saturated rings. The number of nitrogens with one attached hydrogen (secondary N) is 1. The van der Waals surface area contributed by atoms with E-state index in [0.717, 1.165) is 12.8 Å². The third-order valence-corrected chi connectivity index (χ3v) is 3.73. The van der Waals surface area contributed by atoms with E-state index in [-0.39, 0.29) is 0 Å². The molecule has 0 radical (unpaired) electrons. The summed E-state index contributed by atoms with van der Waals surface area (Å²) >= 11 is 1.72. The zero-order chi connectivity index (χ0) is 12.1. The Morgan fingerprint density at radius 2 is 2.29 bits per heavy atom. The van der Waals surface area contributed by atoms with Gasteiger partial charge in [-0.25, -0.2) is 4.98 Å². The Labute approximate surface area is 107 Å². The van der Waals surface area contributed by atoms with Crippen LogP contribution in [0.3, 0.4) is 0 Å². The van der Waals surface area contributed by atoms with E-state index >= 15 is 0 Å². The molecule has 0 aliphatic rings. The van der Waals surface area contributed by atoms with Gasteiger partial charge in [-0.05, 0) is 24.6 Å². The summed E-state index contributed by atoms with van der Waals surface area (Å²) in [4.78, 5) is 4.33. The van der Waals surface area contributed by atoms with Crippen LogP contribution in [0.1, 0.15) is 35.5 Å². The summed E-state index contributed by atoms with van der Waals surface area (Å²) in [6.07, 6.45) is 3.91. The fourth-order valence-corrected chi connectivity index (χ4v) is 2.69. The maximum absolute atomic E-state index is 4.33. The Bertz CT molecular complexity index is 447. The van der Waals surface area contributed by atoms with Gasteiger partial charge in [0.2, 0.25) is 0 Å². The molecule has 0 spiro atoms. The summed E-state index contributed by atoms with van der Waals surface area (Å²) in [5.74, 6) is 0. The molecule has 1 N–H and O–H groups in total. The van der Waals surface area contributed by atoms with Crippen molar-refractivity contribution < 1.29 is 0 Å². The lowest BCUT2D eigenvalue weighted by Gasteiger charge is -2.15. The smallest absolute Gasteiger partial charge is 0.0968 e. The predicted octanol–water partition coefficient (Wildman–Crippen LogP) is 3.40. The van der Waals surface area contributed by atoms with Crippen LogP contribution in [0.2, 0.25) is 0 Å². The molecule has 2 aromatic rings. The highest BCUT2D eigenvalue weighted by molar-refractivity contribution is 7.09. The molecular formula is C14H18N2S. The van der Waals surface area contributed by atoms with Crippen molar-refractivity contribution in [3.05, 3.63) is 52.0 Å². The van der Waals surface area contributed by atoms with Crippen LogP contribution in [0.15, 0.2) is 35.8 Å². The van der Waals surface area contributed by atoms with Crippen molar-refractivity contribution in [2.75, 3.05) is 7.05 Å². The van der Waals surface area contributed by atoms with E-state index in [1.807, 2.05) is 18.6 Å². The van der Waals surface area contributed by atoms with E-state index < -0.39 is 0 Å². The number of nitrogens with zero attached hydrogens (tertiary/aromatic N) is 1. The molecule has 1 unspecified atom stereocenters. The van der Waals surface area contributed by atoms with Gasteiger partial charge >= 0.3 is 0 Å². The van der Waals surface area contributed by atoms with Gasteiger partial charge in [0, 0.05) is 24.0 Å². The minimum Gasteiger partial charge on any atom is -0.313 e. The SMILES string of the molecule is CCC(NC)c1cccc(Cc2nccs2)c1. The van der Waals surface area contributed by atoms with Gasteiger partial charge in [0.25, 0.3) is 0 Å². The summed E-state index contributed by atoms with van der Waals surface area (Å²) in [5.41, 5.74) is 2.70. The fourth-order valence-electron chi connectivity index (χ4n) is 2.04. The van der Waals surface area contributed by atoms with Crippen molar-refractivity contribution in [3.63, 3.8) is 0 Å². The Balaban J connectivity index is 2.16. The minimum absolute atomic E-state index is 0.450. The van der Waals surface area contributed by atoms with Crippen LogP contribution in [0.25, 0.3) is 0 Å². The first-order valence-corrected chi connectivity index (χ1v) is 6.86. The van der Waals surface area contributed by atoms with Gasteiger partial charge in [-0.2, -0.15) is 0 Å². The molecular weight excluding hydrogens is 228 g/mol. The van der Waals surface area contributed by atoms with Crippen molar-refractivity contribution in [1.29, 1.82) is 0 Å². The maximum Gasteiger partial charge on any atom is 0.0968 e. The average Bonchev–Trinajstić information content (AvgIpc) is 2.84. The highest BCUT2D eigenvalue weighted by atomic mass is 32.1. The molecule has 0 bridgehead atoms. The first-order valence-electron chi connectivity index (χ1n) is 5.98. The summed E-state index contributed by atoms with van der Waals surface area (Å²) in [5, 5.41) is 6.55. The number of hydrogen-bond acceptors (Lipinski definition) is 3. The molecule has 17 heavy (non-hydrogen) atoms. The average molecular weight is 246 g/mol. The Hall–Kier alpha value is -1.19. The number of benzene rings is 1. The predicted molar refractivity (Wildman–Crippen MR) is 73.5 cm³/mol. The van der Waals surface area contributed by atoms with E-state index in [1.165, 1.54) is 16.1 Å². The van der Waals surface area contributed by atoms with Crippen molar-refractivity contribution in [1.82, 2.24) is 10.3 Å². The lowest BCUT2D eigenvalue weighted by Crippen LogP contribution is -2.15. The van der Waals surface area contributed by atoms with E-state index in [9.17, 15) is 0 Å². The van der Waals surface area contributed by atoms with Crippen LogP contribution < -0.4 is 5.32 Å². The number of hydrogen-bond donors (Lipinski definition) is 1. The van der Waals surface area contributed by atoms with Crippen molar-refractivity contribution in [3.8, 4) is 0 Å². The quantitative estimate of drug-likeness (QED) is 0.874. The standard InChI is InChI=1S/C14H18N2S/c1-3-13(15-2)12-6-4-5-11(9-12)10-14-16-7-8-17-14/h4-9,13,15H,3,10H2,1-2H3. The van der Waals surface area contributed by atoms with Crippen molar-refractivity contribution in [2.24, 2.45) is 0 Å². The topological polar surface area (TPSA) is 24.9 Å². The number of rotatable bonds is 5. The molecule has 0 amide bonds. The third kappa shape index (κ3) is 3.14. The highest BCUT2D eigenvalue weighted by Gasteiger charge is 2.07. The van der Waals surface area contributed by atoms with Crippen LogP contribution >= 0.6 is 11.3 Å². The van der Waals surface area contributed by atoms with Crippen LogP contribution in [-0.2, 0) is 6.42 Å². The second kappa shape index (κ2) is 5.94. The molecule has 90 valence electrons. The van der Waals surface area contributed by atoms with Crippen molar-refractivity contribution >= 4 is 11.3 Å². The zero-order valence-electron chi connectivity index (χ0n) is 10.3. The zero-order valence-corrected chi connectivity index (χ0v) is 11.1. The molecule has 1 heterocycles. The van der Waals surface area contributed by atoms with Crippen LogP contribution in [0.5, 0.6) is 0 Å². The Morgan fingerprint density at radius 1 is 1.41 bits per heavy atom. The maximum atomic E-state index is 4.33. The Kier molecular flexibility index (Phi) is 4.29. The highest BCUT2D eigenvalue weighted by Crippen LogP contribution is 2.19. The number of aromatic nitrogens is 1. The molecule has 0 saturated carbocycles. The first-order chi connectivity index (χ1) is 8.33. The van der Waals surface area contributed by atoms with Gasteiger partial charge < -0.3 is 5.32 Å². The monoisotopic (exact) mass is 246 g/mol. The number of thiazole rings is 1. The third-order valence-electron chi connectivity index (χ3n) is 2.95. The van der Waals surface area contributed by atoms with Crippen LogP contribution in [-0.4, -0.2) is 12.0 Å². The van der Waals surface area contributed by atoms with Crippen LogP contribution in [0.4, 0.5) is 0 Å². The lowest BCUT2D eigenvalue weighted by atomic mass is 10.0. The van der Waals surface area contributed by atoms with Gasteiger partial charge in [0.15, 0.2) is 0 Å². The molecule has 3 heteroatoms. The summed E-state index contributed by atoms with van der Waals surface area (Å²) in [6, 6.07) is 9.24. The van der Waals surface area contributed by atoms with Gasteiger partial charge in [-0.3, -0.25) is 0 Å². The van der Waals surface area contributed by atoms with Crippen LogP contribution in [0, 0.1) is 0 Å². The largest absolute Gasteiger partial charge is 0.313 e. The normalized spacial score (nSPS) is 12.6. The molecule has 0 saturated heterocycles. The lowest BCUT2D eigenvalue weighted by molar-refractivity contribution is 0.576. The molecule has 0 aliphatic carbocycles. The minimum atomic E-state index is 0.450. The molecule has 1 aromatic carbocycles. The molecule has 0 aliphatic heterocycles.